The molecule has 1 saturated heterocycles. The van der Waals surface area contributed by atoms with E-state index in [1.54, 1.807) is 0 Å². The Morgan fingerprint density at radius 2 is 1.90 bits per heavy atom. The van der Waals surface area contributed by atoms with E-state index in [-0.39, 0.29) is 29.3 Å². The van der Waals surface area contributed by atoms with Crippen molar-refractivity contribution < 1.29 is 9.59 Å². The monoisotopic (exact) mass is 296 g/mol. The third kappa shape index (κ3) is 5.68. The first kappa shape index (κ1) is 18.0. The molecule has 0 aromatic rings. The van der Waals surface area contributed by atoms with Crippen LogP contribution in [0.1, 0.15) is 67.2 Å². The van der Waals surface area contributed by atoms with Gasteiger partial charge in [-0.3, -0.25) is 9.59 Å². The van der Waals surface area contributed by atoms with Gasteiger partial charge in [-0.15, -0.1) is 0 Å². The molecule has 1 heterocycles. The Labute approximate surface area is 129 Å². The molecular weight excluding hydrogens is 264 g/mol. The number of nitrogens with one attached hydrogen (secondary N) is 1. The van der Waals surface area contributed by atoms with Gasteiger partial charge in [0.2, 0.25) is 11.8 Å². The molecule has 1 rings (SSSR count). The van der Waals surface area contributed by atoms with Gasteiger partial charge in [0, 0.05) is 24.5 Å². The largest absolute Gasteiger partial charge is 0.353 e. The summed E-state index contributed by atoms with van der Waals surface area (Å²) in [5, 5.41) is 3.07. The molecule has 1 N–H and O–H groups in total. The topological polar surface area (TPSA) is 49.4 Å². The molecule has 0 aromatic carbocycles. The van der Waals surface area contributed by atoms with Crippen molar-refractivity contribution >= 4 is 11.8 Å². The molecule has 1 fully saturated rings. The molecular formula is C17H32N2O2. The number of hydrogen-bond acceptors (Lipinski definition) is 2. The zero-order chi connectivity index (χ0) is 16.2. The molecule has 0 spiro atoms. The number of hydrogen-bond donors (Lipinski definition) is 1. The number of carbonyl (C=O) groups excluding carboxylic acids is 2. The van der Waals surface area contributed by atoms with Crippen LogP contribution in [-0.4, -0.2) is 34.8 Å². The third-order valence-electron chi connectivity index (χ3n) is 4.11. The maximum Gasteiger partial charge on any atom is 0.225 e. The van der Waals surface area contributed by atoms with Crippen molar-refractivity contribution in [1.82, 2.24) is 10.2 Å². The lowest BCUT2D eigenvalue weighted by Gasteiger charge is -2.32. The quantitative estimate of drug-likeness (QED) is 0.819. The van der Waals surface area contributed by atoms with Crippen LogP contribution in [0, 0.1) is 11.8 Å². The minimum absolute atomic E-state index is 0.0344. The average Bonchev–Trinajstić information content (AvgIpc) is 2.70. The molecule has 4 nitrogen and oxygen atoms in total. The highest BCUT2D eigenvalue weighted by atomic mass is 16.2. The van der Waals surface area contributed by atoms with E-state index in [1.807, 2.05) is 25.7 Å². The lowest BCUT2D eigenvalue weighted by atomic mass is 10.0. The normalized spacial score (nSPS) is 21.0. The molecule has 2 amide bonds. The van der Waals surface area contributed by atoms with Gasteiger partial charge in [-0.1, -0.05) is 26.7 Å². The Morgan fingerprint density at radius 3 is 2.38 bits per heavy atom. The van der Waals surface area contributed by atoms with Crippen LogP contribution in [0.2, 0.25) is 0 Å². The van der Waals surface area contributed by atoms with Gasteiger partial charge >= 0.3 is 0 Å². The SMILES string of the molecule is CC(C)CCCC(C)NC(=O)C1CC(=O)N(C(C)(C)C)C1. The number of rotatable bonds is 6. The van der Waals surface area contributed by atoms with Gasteiger partial charge in [0.1, 0.15) is 0 Å². The first-order chi connectivity index (χ1) is 9.61. The van der Waals surface area contributed by atoms with Crippen LogP contribution in [-0.2, 0) is 9.59 Å². The van der Waals surface area contributed by atoms with Gasteiger partial charge in [-0.25, -0.2) is 0 Å². The van der Waals surface area contributed by atoms with Crippen LogP contribution in [0.15, 0.2) is 0 Å². The number of carbonyl (C=O) groups is 2. The standard InChI is InChI=1S/C17H32N2O2/c1-12(2)8-7-9-13(3)18-16(21)14-10-15(20)19(11-14)17(4,5)6/h12-14H,7-11H2,1-6H3,(H,18,21). The third-order valence-corrected chi connectivity index (χ3v) is 4.11. The molecule has 1 aliphatic rings. The first-order valence-corrected chi connectivity index (χ1v) is 8.22. The van der Waals surface area contributed by atoms with E-state index in [0.717, 1.165) is 12.8 Å². The molecule has 0 radical (unpaired) electrons. The lowest BCUT2D eigenvalue weighted by Crippen LogP contribution is -2.44. The molecule has 0 aliphatic carbocycles. The molecule has 0 saturated carbocycles. The molecule has 4 heteroatoms. The zero-order valence-corrected chi connectivity index (χ0v) is 14.5. The summed E-state index contributed by atoms with van der Waals surface area (Å²) < 4.78 is 0. The summed E-state index contributed by atoms with van der Waals surface area (Å²) in [4.78, 5) is 26.1. The minimum Gasteiger partial charge on any atom is -0.353 e. The average molecular weight is 296 g/mol. The maximum atomic E-state index is 12.3. The van der Waals surface area contributed by atoms with E-state index in [0.29, 0.717) is 18.9 Å². The van der Waals surface area contributed by atoms with Crippen LogP contribution in [0.25, 0.3) is 0 Å². The van der Waals surface area contributed by atoms with E-state index < -0.39 is 0 Å². The highest BCUT2D eigenvalue weighted by molar-refractivity contribution is 5.89. The van der Waals surface area contributed by atoms with Gasteiger partial charge in [0.25, 0.3) is 0 Å². The molecule has 2 unspecified atom stereocenters. The molecule has 21 heavy (non-hydrogen) atoms. The second-order valence-electron chi connectivity index (χ2n) is 7.81. The summed E-state index contributed by atoms with van der Waals surface area (Å²) in [5.41, 5.74) is -0.199. The van der Waals surface area contributed by atoms with E-state index >= 15 is 0 Å². The highest BCUT2D eigenvalue weighted by Crippen LogP contribution is 2.26. The predicted octanol–water partition coefficient (Wildman–Crippen LogP) is 2.96. The summed E-state index contributed by atoms with van der Waals surface area (Å²) >= 11 is 0. The lowest BCUT2D eigenvalue weighted by molar-refractivity contribution is -0.132. The van der Waals surface area contributed by atoms with Crippen molar-refractivity contribution in [2.24, 2.45) is 11.8 Å². The summed E-state index contributed by atoms with van der Waals surface area (Å²) in [5.74, 6) is 0.646. The number of nitrogens with zero attached hydrogens (tertiary/aromatic N) is 1. The number of amides is 2. The minimum atomic E-state index is -0.199. The zero-order valence-electron chi connectivity index (χ0n) is 14.5. The number of likely N-dealkylation sites (tertiary alicyclic amines) is 1. The molecule has 0 bridgehead atoms. The Balaban J connectivity index is 2.41. The Bertz CT molecular complexity index is 371. The smallest absolute Gasteiger partial charge is 0.225 e. The summed E-state index contributed by atoms with van der Waals surface area (Å²) in [6.07, 6.45) is 3.69. The van der Waals surface area contributed by atoms with Crippen LogP contribution >= 0.6 is 0 Å². The maximum absolute atomic E-state index is 12.3. The van der Waals surface area contributed by atoms with Crippen molar-refractivity contribution in [3.63, 3.8) is 0 Å². The highest BCUT2D eigenvalue weighted by Gasteiger charge is 2.39. The fourth-order valence-electron chi connectivity index (χ4n) is 2.80. The molecule has 0 aromatic heterocycles. The Morgan fingerprint density at radius 1 is 1.29 bits per heavy atom. The summed E-state index contributed by atoms with van der Waals surface area (Å²) in [6.45, 7) is 13.1. The van der Waals surface area contributed by atoms with Crippen LogP contribution < -0.4 is 5.32 Å². The van der Waals surface area contributed by atoms with Gasteiger partial charge in [0.05, 0.1) is 5.92 Å². The van der Waals surface area contributed by atoms with Crippen molar-refractivity contribution in [2.45, 2.75) is 78.8 Å². The van der Waals surface area contributed by atoms with Crippen molar-refractivity contribution in [3.8, 4) is 0 Å². The van der Waals surface area contributed by atoms with E-state index in [4.69, 9.17) is 0 Å². The van der Waals surface area contributed by atoms with Crippen LogP contribution in [0.3, 0.4) is 0 Å². The summed E-state index contributed by atoms with van der Waals surface area (Å²) in [6, 6.07) is 0.190. The molecule has 1 aliphatic heterocycles. The van der Waals surface area contributed by atoms with Crippen molar-refractivity contribution in [3.05, 3.63) is 0 Å². The Hall–Kier alpha value is -1.06. The van der Waals surface area contributed by atoms with Gasteiger partial charge < -0.3 is 10.2 Å². The van der Waals surface area contributed by atoms with Gasteiger partial charge in [-0.05, 0) is 40.0 Å². The molecule has 122 valence electrons. The predicted molar refractivity (Wildman–Crippen MR) is 85.9 cm³/mol. The first-order valence-electron chi connectivity index (χ1n) is 8.22. The second kappa shape index (κ2) is 7.28. The summed E-state index contributed by atoms with van der Waals surface area (Å²) in [7, 11) is 0. The van der Waals surface area contributed by atoms with Crippen LogP contribution in [0.4, 0.5) is 0 Å². The van der Waals surface area contributed by atoms with Crippen molar-refractivity contribution in [1.29, 1.82) is 0 Å². The van der Waals surface area contributed by atoms with E-state index in [2.05, 4.69) is 26.1 Å². The fraction of sp³-hybridized carbons (Fsp3) is 0.882. The Kier molecular flexibility index (Phi) is 6.24. The van der Waals surface area contributed by atoms with Crippen LogP contribution in [0.5, 0.6) is 0 Å². The molecule has 2 atom stereocenters. The fourth-order valence-corrected chi connectivity index (χ4v) is 2.80. The van der Waals surface area contributed by atoms with E-state index in [9.17, 15) is 9.59 Å². The van der Waals surface area contributed by atoms with E-state index in [1.165, 1.54) is 6.42 Å². The van der Waals surface area contributed by atoms with Gasteiger partial charge in [0.15, 0.2) is 0 Å². The second-order valence-corrected chi connectivity index (χ2v) is 7.81. The van der Waals surface area contributed by atoms with Crippen molar-refractivity contribution in [2.75, 3.05) is 6.54 Å². The van der Waals surface area contributed by atoms with Gasteiger partial charge in [-0.2, -0.15) is 0 Å².